The van der Waals surface area contributed by atoms with Crippen molar-refractivity contribution in [2.24, 2.45) is 0 Å². The van der Waals surface area contributed by atoms with Crippen molar-refractivity contribution in [3.8, 4) is 5.75 Å². The predicted molar refractivity (Wildman–Crippen MR) is 76.5 cm³/mol. The Labute approximate surface area is 119 Å². The molecule has 0 aliphatic carbocycles. The van der Waals surface area contributed by atoms with E-state index >= 15 is 0 Å². The molecule has 0 aliphatic heterocycles. The van der Waals surface area contributed by atoms with Crippen LogP contribution in [-0.4, -0.2) is 16.7 Å². The van der Waals surface area contributed by atoms with Crippen LogP contribution in [0.4, 0.5) is 0 Å². The van der Waals surface area contributed by atoms with E-state index in [1.807, 2.05) is 32.0 Å². The average Bonchev–Trinajstić information content (AvgIpc) is 2.92. The third kappa shape index (κ3) is 4.06. The average molecular weight is 275 g/mol. The van der Waals surface area contributed by atoms with Gasteiger partial charge in [-0.3, -0.25) is 0 Å². The zero-order valence-corrected chi connectivity index (χ0v) is 12.2. The second kappa shape index (κ2) is 7.05. The number of rotatable bonds is 7. The number of nitrogens with one attached hydrogen (secondary N) is 1. The Bertz CT molecular complexity index is 537. The van der Waals surface area contributed by atoms with Crippen LogP contribution in [0, 0.1) is 0 Å². The van der Waals surface area contributed by atoms with Gasteiger partial charge in [0, 0.05) is 12.5 Å². The third-order valence-electron chi connectivity index (χ3n) is 2.84. The highest BCUT2D eigenvalue weighted by molar-refractivity contribution is 5.28. The second-order valence-electron chi connectivity index (χ2n) is 4.92. The van der Waals surface area contributed by atoms with Crippen molar-refractivity contribution in [2.45, 2.75) is 39.8 Å². The molecule has 0 bridgehead atoms. The predicted octanol–water partition coefficient (Wildman–Crippen LogP) is 2.88. The van der Waals surface area contributed by atoms with Crippen LogP contribution >= 0.6 is 0 Å². The number of ether oxygens (including phenoxy) is 1. The van der Waals surface area contributed by atoms with Gasteiger partial charge in [-0.1, -0.05) is 38.1 Å². The van der Waals surface area contributed by atoms with Gasteiger partial charge >= 0.3 is 0 Å². The fourth-order valence-corrected chi connectivity index (χ4v) is 1.72. The molecule has 108 valence electrons. The maximum absolute atomic E-state index is 5.68. The van der Waals surface area contributed by atoms with Gasteiger partial charge in [-0.25, -0.2) is 0 Å². The molecule has 0 unspecified atom stereocenters. The largest absolute Gasteiger partial charge is 0.484 e. The summed E-state index contributed by atoms with van der Waals surface area (Å²) in [5, 5.41) is 7.19. The first-order valence-electron chi connectivity index (χ1n) is 6.94. The normalized spacial score (nSPS) is 11.0. The maximum Gasteiger partial charge on any atom is 0.264 e. The highest BCUT2D eigenvalue weighted by Crippen LogP contribution is 2.16. The van der Waals surface area contributed by atoms with E-state index in [9.17, 15) is 0 Å². The number of aromatic nitrogens is 2. The van der Waals surface area contributed by atoms with Crippen LogP contribution < -0.4 is 10.1 Å². The summed E-state index contributed by atoms with van der Waals surface area (Å²) in [5.41, 5.74) is 1.19. The second-order valence-corrected chi connectivity index (χ2v) is 4.92. The fourth-order valence-electron chi connectivity index (χ4n) is 1.72. The molecule has 0 aliphatic rings. The molecular formula is C15H21N3O2. The molecule has 5 heteroatoms. The zero-order chi connectivity index (χ0) is 14.4. The zero-order valence-electron chi connectivity index (χ0n) is 12.2. The van der Waals surface area contributed by atoms with Gasteiger partial charge in [0.1, 0.15) is 5.75 Å². The molecule has 2 aromatic rings. The smallest absolute Gasteiger partial charge is 0.264 e. The molecule has 0 saturated heterocycles. The minimum absolute atomic E-state index is 0.260. The van der Waals surface area contributed by atoms with Gasteiger partial charge in [0.05, 0.1) is 0 Å². The van der Waals surface area contributed by atoms with E-state index in [1.165, 1.54) is 5.56 Å². The van der Waals surface area contributed by atoms with E-state index in [0.717, 1.165) is 18.8 Å². The first-order chi connectivity index (χ1) is 9.69. The van der Waals surface area contributed by atoms with Crippen LogP contribution in [0.2, 0.25) is 0 Å². The lowest BCUT2D eigenvalue weighted by molar-refractivity contribution is 0.242. The van der Waals surface area contributed by atoms with Crippen LogP contribution in [0.1, 0.15) is 44.0 Å². The van der Waals surface area contributed by atoms with Gasteiger partial charge in [0.25, 0.3) is 5.89 Å². The van der Waals surface area contributed by atoms with Gasteiger partial charge in [-0.2, -0.15) is 4.98 Å². The van der Waals surface area contributed by atoms with E-state index in [1.54, 1.807) is 0 Å². The van der Waals surface area contributed by atoms with Crippen molar-refractivity contribution in [3.05, 3.63) is 41.5 Å². The summed E-state index contributed by atoms with van der Waals surface area (Å²) in [6.07, 6.45) is 0. The Balaban J connectivity index is 1.92. The standard InChI is InChI=1S/C15H21N3O2/c1-4-16-9-12-6-5-7-13(8-12)19-10-14-17-15(11(2)3)18-20-14/h5-8,11,16H,4,9-10H2,1-3H3. The SMILES string of the molecule is CCNCc1cccc(OCc2nc(C(C)C)no2)c1. The van der Waals surface area contributed by atoms with Gasteiger partial charge in [0.15, 0.2) is 12.4 Å². The van der Waals surface area contributed by atoms with Crippen LogP contribution in [0.15, 0.2) is 28.8 Å². The van der Waals surface area contributed by atoms with Crippen molar-refractivity contribution in [1.29, 1.82) is 0 Å². The molecule has 1 aromatic heterocycles. The molecule has 0 atom stereocenters. The summed E-state index contributed by atoms with van der Waals surface area (Å²) >= 11 is 0. The van der Waals surface area contributed by atoms with Crippen molar-refractivity contribution >= 4 is 0 Å². The molecule has 0 radical (unpaired) electrons. The Hall–Kier alpha value is -1.88. The first kappa shape index (κ1) is 14.5. The molecule has 1 aromatic carbocycles. The topological polar surface area (TPSA) is 60.2 Å². The van der Waals surface area contributed by atoms with Crippen LogP contribution in [0.5, 0.6) is 5.75 Å². The number of hydrogen-bond acceptors (Lipinski definition) is 5. The molecule has 2 rings (SSSR count). The number of nitrogens with zero attached hydrogens (tertiary/aromatic N) is 2. The first-order valence-corrected chi connectivity index (χ1v) is 6.94. The summed E-state index contributed by atoms with van der Waals surface area (Å²) in [7, 11) is 0. The summed E-state index contributed by atoms with van der Waals surface area (Å²) < 4.78 is 10.8. The quantitative estimate of drug-likeness (QED) is 0.842. The summed E-state index contributed by atoms with van der Waals surface area (Å²) in [6.45, 7) is 8.23. The Kier molecular flexibility index (Phi) is 5.12. The van der Waals surface area contributed by atoms with Crippen LogP contribution in [0.3, 0.4) is 0 Å². The van der Waals surface area contributed by atoms with Gasteiger partial charge < -0.3 is 14.6 Å². The minimum atomic E-state index is 0.260. The summed E-state index contributed by atoms with van der Waals surface area (Å²) in [6, 6.07) is 7.99. The summed E-state index contributed by atoms with van der Waals surface area (Å²) in [4.78, 5) is 4.28. The molecule has 0 fully saturated rings. The lowest BCUT2D eigenvalue weighted by atomic mass is 10.2. The molecule has 5 nitrogen and oxygen atoms in total. The molecule has 0 amide bonds. The molecule has 0 spiro atoms. The van der Waals surface area contributed by atoms with Crippen LogP contribution in [-0.2, 0) is 13.2 Å². The third-order valence-corrected chi connectivity index (χ3v) is 2.84. The van der Waals surface area contributed by atoms with E-state index in [-0.39, 0.29) is 5.92 Å². The van der Waals surface area contributed by atoms with Crippen LogP contribution in [0.25, 0.3) is 0 Å². The Morgan fingerprint density at radius 3 is 2.90 bits per heavy atom. The van der Waals surface area contributed by atoms with E-state index in [2.05, 4.69) is 28.4 Å². The molecule has 1 N–H and O–H groups in total. The maximum atomic E-state index is 5.68. The van der Waals surface area contributed by atoms with Gasteiger partial charge in [-0.05, 0) is 24.2 Å². The minimum Gasteiger partial charge on any atom is -0.484 e. The van der Waals surface area contributed by atoms with E-state index in [0.29, 0.717) is 18.3 Å². The lowest BCUT2D eigenvalue weighted by Crippen LogP contribution is -2.11. The lowest BCUT2D eigenvalue weighted by Gasteiger charge is -2.06. The van der Waals surface area contributed by atoms with Crippen molar-refractivity contribution in [3.63, 3.8) is 0 Å². The fraction of sp³-hybridized carbons (Fsp3) is 0.467. The molecule has 20 heavy (non-hydrogen) atoms. The molecule has 1 heterocycles. The monoisotopic (exact) mass is 275 g/mol. The Morgan fingerprint density at radius 2 is 2.20 bits per heavy atom. The highest BCUT2D eigenvalue weighted by atomic mass is 16.5. The van der Waals surface area contributed by atoms with Crippen molar-refractivity contribution in [1.82, 2.24) is 15.5 Å². The summed E-state index contributed by atoms with van der Waals surface area (Å²) in [5.74, 6) is 2.29. The van der Waals surface area contributed by atoms with Crippen molar-refractivity contribution < 1.29 is 9.26 Å². The molecule has 0 saturated carbocycles. The van der Waals surface area contributed by atoms with Gasteiger partial charge in [-0.15, -0.1) is 0 Å². The van der Waals surface area contributed by atoms with E-state index < -0.39 is 0 Å². The number of benzene rings is 1. The van der Waals surface area contributed by atoms with E-state index in [4.69, 9.17) is 9.26 Å². The Morgan fingerprint density at radius 1 is 1.35 bits per heavy atom. The highest BCUT2D eigenvalue weighted by Gasteiger charge is 2.10. The molecular weight excluding hydrogens is 254 g/mol. The number of hydrogen-bond donors (Lipinski definition) is 1. The van der Waals surface area contributed by atoms with Gasteiger partial charge in [0.2, 0.25) is 0 Å². The van der Waals surface area contributed by atoms with Crippen molar-refractivity contribution in [2.75, 3.05) is 6.54 Å².